The van der Waals surface area contributed by atoms with Crippen LogP contribution in [0.25, 0.3) is 16.3 Å². The van der Waals surface area contributed by atoms with Crippen LogP contribution in [0.5, 0.6) is 0 Å². The van der Waals surface area contributed by atoms with Gasteiger partial charge in [-0.05, 0) is 47.0 Å². The fourth-order valence-corrected chi connectivity index (χ4v) is 6.45. The molecule has 2 saturated heterocycles. The van der Waals surface area contributed by atoms with Gasteiger partial charge in [-0.15, -0.1) is 0 Å². The molecule has 31 heavy (non-hydrogen) atoms. The SMILES string of the molecule is C=C(c1ccc2ccccc2c1)[C@@]12CCN(S(=O)(=O)c3ccc(C)cc3)[C@@H]1CC(=O)O2. The number of hydrogen-bond acceptors (Lipinski definition) is 4. The summed E-state index contributed by atoms with van der Waals surface area (Å²) in [6.45, 7) is 6.47. The average Bonchev–Trinajstić information content (AvgIpc) is 3.28. The van der Waals surface area contributed by atoms with Gasteiger partial charge in [-0.1, -0.05) is 60.7 Å². The largest absolute Gasteiger partial charge is 0.452 e. The molecule has 0 spiro atoms. The molecule has 2 aliphatic heterocycles. The highest BCUT2D eigenvalue weighted by Crippen LogP contribution is 2.49. The highest BCUT2D eigenvalue weighted by atomic mass is 32.2. The maximum absolute atomic E-state index is 13.4. The van der Waals surface area contributed by atoms with Gasteiger partial charge in [0.15, 0.2) is 5.60 Å². The molecule has 6 heteroatoms. The molecule has 2 aliphatic rings. The molecule has 0 aliphatic carbocycles. The van der Waals surface area contributed by atoms with Gasteiger partial charge < -0.3 is 4.74 Å². The van der Waals surface area contributed by atoms with Crippen LogP contribution < -0.4 is 0 Å². The molecule has 2 heterocycles. The van der Waals surface area contributed by atoms with Crippen molar-refractivity contribution in [3.63, 3.8) is 0 Å². The number of esters is 1. The van der Waals surface area contributed by atoms with Crippen molar-refractivity contribution >= 4 is 32.3 Å². The Morgan fingerprint density at radius 1 is 1.06 bits per heavy atom. The molecule has 0 aromatic heterocycles. The number of aryl methyl sites for hydroxylation is 1. The van der Waals surface area contributed by atoms with E-state index in [2.05, 4.69) is 6.58 Å². The molecular formula is C25H23NO4S. The molecule has 3 aromatic rings. The van der Waals surface area contributed by atoms with Crippen molar-refractivity contribution in [2.45, 2.75) is 36.3 Å². The van der Waals surface area contributed by atoms with E-state index >= 15 is 0 Å². The van der Waals surface area contributed by atoms with Gasteiger partial charge in [-0.2, -0.15) is 4.31 Å². The van der Waals surface area contributed by atoms with Gasteiger partial charge in [-0.25, -0.2) is 8.42 Å². The maximum atomic E-state index is 13.4. The van der Waals surface area contributed by atoms with Crippen LogP contribution in [0.2, 0.25) is 0 Å². The van der Waals surface area contributed by atoms with Crippen LogP contribution in [0.15, 0.2) is 78.2 Å². The van der Waals surface area contributed by atoms with Gasteiger partial charge in [0.2, 0.25) is 10.0 Å². The van der Waals surface area contributed by atoms with Crippen LogP contribution >= 0.6 is 0 Å². The number of ether oxygens (including phenoxy) is 1. The Labute approximate surface area is 182 Å². The molecule has 3 aromatic carbocycles. The maximum Gasteiger partial charge on any atom is 0.308 e. The Kier molecular flexibility index (Phi) is 4.53. The Hall–Kier alpha value is -2.96. The summed E-state index contributed by atoms with van der Waals surface area (Å²) in [6.07, 6.45) is 0.415. The minimum atomic E-state index is -3.76. The van der Waals surface area contributed by atoms with Gasteiger partial charge in [0.05, 0.1) is 17.4 Å². The van der Waals surface area contributed by atoms with Crippen molar-refractivity contribution in [2.75, 3.05) is 6.54 Å². The van der Waals surface area contributed by atoms with E-state index in [1.54, 1.807) is 24.3 Å². The molecule has 2 atom stereocenters. The third kappa shape index (κ3) is 3.09. The monoisotopic (exact) mass is 433 g/mol. The topological polar surface area (TPSA) is 63.7 Å². The van der Waals surface area contributed by atoms with E-state index in [-0.39, 0.29) is 17.9 Å². The van der Waals surface area contributed by atoms with E-state index in [9.17, 15) is 13.2 Å². The van der Waals surface area contributed by atoms with Crippen LogP contribution in [-0.2, 0) is 19.6 Å². The lowest BCUT2D eigenvalue weighted by molar-refractivity contribution is -0.144. The second-order valence-corrected chi connectivity index (χ2v) is 10.2. The van der Waals surface area contributed by atoms with Crippen LogP contribution in [0.4, 0.5) is 0 Å². The molecule has 0 radical (unpaired) electrons. The molecule has 0 N–H and O–H groups in total. The van der Waals surface area contributed by atoms with Gasteiger partial charge in [0, 0.05) is 13.0 Å². The summed E-state index contributed by atoms with van der Waals surface area (Å²) in [4.78, 5) is 12.6. The molecule has 0 bridgehead atoms. The number of nitrogens with zero attached hydrogens (tertiary/aromatic N) is 1. The van der Waals surface area contributed by atoms with E-state index in [1.807, 2.05) is 49.4 Å². The van der Waals surface area contributed by atoms with E-state index in [0.717, 1.165) is 21.9 Å². The first kappa shape index (κ1) is 20.0. The van der Waals surface area contributed by atoms with Crippen molar-refractivity contribution in [1.82, 2.24) is 4.31 Å². The highest BCUT2D eigenvalue weighted by Gasteiger charge is 2.60. The van der Waals surface area contributed by atoms with E-state index in [4.69, 9.17) is 4.74 Å². The first-order valence-corrected chi connectivity index (χ1v) is 11.7. The van der Waals surface area contributed by atoms with Crippen molar-refractivity contribution in [2.24, 2.45) is 0 Å². The van der Waals surface area contributed by atoms with Crippen molar-refractivity contribution in [3.05, 3.63) is 84.4 Å². The Bertz CT molecular complexity index is 1310. The summed E-state index contributed by atoms with van der Waals surface area (Å²) >= 11 is 0. The number of fused-ring (bicyclic) bond motifs is 2. The number of hydrogen-bond donors (Lipinski definition) is 0. The molecule has 0 amide bonds. The first-order valence-electron chi connectivity index (χ1n) is 10.3. The van der Waals surface area contributed by atoms with Gasteiger partial charge in [-0.3, -0.25) is 4.79 Å². The first-order chi connectivity index (χ1) is 14.8. The van der Waals surface area contributed by atoms with Gasteiger partial charge >= 0.3 is 5.97 Å². The quantitative estimate of drug-likeness (QED) is 0.575. The Morgan fingerprint density at radius 2 is 1.77 bits per heavy atom. The third-order valence-corrected chi connectivity index (χ3v) is 8.40. The lowest BCUT2D eigenvalue weighted by atomic mass is 9.83. The predicted octanol–water partition coefficient (Wildman–Crippen LogP) is 4.31. The second kappa shape index (κ2) is 7.04. The number of rotatable bonds is 4. The summed E-state index contributed by atoms with van der Waals surface area (Å²) in [5, 5.41) is 2.16. The number of sulfonamides is 1. The highest BCUT2D eigenvalue weighted by molar-refractivity contribution is 7.89. The molecule has 2 fully saturated rings. The van der Waals surface area contributed by atoms with Crippen LogP contribution in [-0.4, -0.2) is 36.9 Å². The number of benzene rings is 3. The zero-order chi connectivity index (χ0) is 21.8. The predicted molar refractivity (Wildman–Crippen MR) is 120 cm³/mol. The van der Waals surface area contributed by atoms with E-state index < -0.39 is 27.6 Å². The smallest absolute Gasteiger partial charge is 0.308 e. The molecule has 5 rings (SSSR count). The van der Waals surface area contributed by atoms with E-state index in [1.165, 1.54) is 4.31 Å². The van der Waals surface area contributed by atoms with Crippen molar-refractivity contribution in [3.8, 4) is 0 Å². The minimum absolute atomic E-state index is 0.0255. The fraction of sp³-hybridized carbons (Fsp3) is 0.240. The van der Waals surface area contributed by atoms with Crippen LogP contribution in [0, 0.1) is 6.92 Å². The summed E-state index contributed by atoms with van der Waals surface area (Å²) in [6, 6.07) is 20.2. The summed E-state index contributed by atoms with van der Waals surface area (Å²) in [7, 11) is -3.76. The molecule has 158 valence electrons. The summed E-state index contributed by atoms with van der Waals surface area (Å²) < 4.78 is 34.1. The van der Waals surface area contributed by atoms with Gasteiger partial charge in [0.25, 0.3) is 0 Å². The second-order valence-electron chi connectivity index (χ2n) is 8.30. The van der Waals surface area contributed by atoms with E-state index in [0.29, 0.717) is 12.0 Å². The molecule has 5 nitrogen and oxygen atoms in total. The third-order valence-electron chi connectivity index (χ3n) is 6.48. The number of carbonyl (C=O) groups excluding carboxylic acids is 1. The number of carbonyl (C=O) groups is 1. The summed E-state index contributed by atoms with van der Waals surface area (Å²) in [5.74, 6) is -0.393. The Balaban J connectivity index is 1.54. The molecule has 0 unspecified atom stereocenters. The standard InChI is InChI=1S/C25H23NO4S/c1-17-7-11-22(12-8-17)31(28,29)26-14-13-25(23(26)16-24(27)30-25)18(2)20-10-9-19-5-3-4-6-21(19)15-20/h3-12,15,23H,2,13-14,16H2,1H3/t23-,25+/m1/s1. The van der Waals surface area contributed by atoms with Gasteiger partial charge in [0.1, 0.15) is 0 Å². The normalized spacial score (nSPS) is 23.6. The van der Waals surface area contributed by atoms with Crippen molar-refractivity contribution < 1.29 is 17.9 Å². The summed E-state index contributed by atoms with van der Waals surface area (Å²) in [5.41, 5.74) is 1.44. The van der Waals surface area contributed by atoms with Crippen LogP contribution in [0.1, 0.15) is 24.0 Å². The Morgan fingerprint density at radius 3 is 2.52 bits per heavy atom. The zero-order valence-electron chi connectivity index (χ0n) is 17.2. The van der Waals surface area contributed by atoms with Crippen molar-refractivity contribution in [1.29, 1.82) is 0 Å². The molecule has 0 saturated carbocycles. The fourth-order valence-electron chi connectivity index (χ4n) is 4.79. The zero-order valence-corrected chi connectivity index (χ0v) is 18.1. The molecular weight excluding hydrogens is 410 g/mol. The van der Waals surface area contributed by atoms with Crippen LogP contribution in [0.3, 0.4) is 0 Å². The lowest BCUT2D eigenvalue weighted by Gasteiger charge is -2.32. The minimum Gasteiger partial charge on any atom is -0.452 e. The average molecular weight is 434 g/mol. The lowest BCUT2D eigenvalue weighted by Crippen LogP contribution is -2.44.